The van der Waals surface area contributed by atoms with Gasteiger partial charge in [-0.15, -0.1) is 0 Å². The summed E-state index contributed by atoms with van der Waals surface area (Å²) in [5, 5.41) is 3.35. The van der Waals surface area contributed by atoms with Crippen molar-refractivity contribution in [2.24, 2.45) is 10.4 Å². The Bertz CT molecular complexity index is 648. The third kappa shape index (κ3) is 4.22. The van der Waals surface area contributed by atoms with Crippen LogP contribution in [0.15, 0.2) is 34.2 Å². The first kappa shape index (κ1) is 16.8. The smallest absolute Gasteiger partial charge is 0.193 e. The normalized spacial score (nSPS) is 18.5. The highest BCUT2D eigenvalue weighted by Gasteiger charge is 2.30. The van der Waals surface area contributed by atoms with Crippen LogP contribution >= 0.6 is 0 Å². The highest BCUT2D eigenvalue weighted by atomic mass is 32.2. The van der Waals surface area contributed by atoms with Gasteiger partial charge in [-0.3, -0.25) is 4.99 Å². The van der Waals surface area contributed by atoms with Crippen molar-refractivity contribution in [1.29, 1.82) is 0 Å². The molecule has 0 aliphatic carbocycles. The second kappa shape index (κ2) is 6.28. The van der Waals surface area contributed by atoms with Crippen LogP contribution in [0.1, 0.15) is 25.8 Å². The highest BCUT2D eigenvalue weighted by molar-refractivity contribution is 7.90. The summed E-state index contributed by atoms with van der Waals surface area (Å²) < 4.78 is 22.9. The molecule has 0 aromatic heterocycles. The molecule has 1 aromatic carbocycles. The Balaban J connectivity index is 1.97. The minimum absolute atomic E-state index is 0.328. The first-order valence-electron chi connectivity index (χ1n) is 7.46. The van der Waals surface area contributed by atoms with Gasteiger partial charge in [0.1, 0.15) is 0 Å². The number of aliphatic imine (C=N–C) groups is 1. The van der Waals surface area contributed by atoms with Crippen LogP contribution in [0.3, 0.4) is 0 Å². The van der Waals surface area contributed by atoms with E-state index >= 15 is 0 Å². The van der Waals surface area contributed by atoms with E-state index in [4.69, 9.17) is 0 Å². The summed E-state index contributed by atoms with van der Waals surface area (Å²) in [4.78, 5) is 6.96. The molecule has 1 aliphatic rings. The maximum atomic E-state index is 11.5. The summed E-state index contributed by atoms with van der Waals surface area (Å²) in [6.45, 7) is 7.18. The number of benzene rings is 1. The SMILES string of the molecule is CN=C(NCc1ccc(S(C)(=O)=O)cc1)N1CCC(C)(C)C1. The Labute approximate surface area is 133 Å². The minimum atomic E-state index is -3.13. The Morgan fingerprint density at radius 1 is 1.32 bits per heavy atom. The highest BCUT2D eigenvalue weighted by Crippen LogP contribution is 2.28. The lowest BCUT2D eigenvalue weighted by Crippen LogP contribution is -2.40. The fourth-order valence-corrected chi connectivity index (χ4v) is 3.29. The molecule has 1 saturated heterocycles. The number of hydrogen-bond acceptors (Lipinski definition) is 3. The average molecular weight is 323 g/mol. The molecule has 1 heterocycles. The van der Waals surface area contributed by atoms with E-state index in [2.05, 4.69) is 29.1 Å². The summed E-state index contributed by atoms with van der Waals surface area (Å²) in [5.41, 5.74) is 1.36. The zero-order valence-electron chi connectivity index (χ0n) is 13.8. The molecule has 0 bridgehead atoms. The van der Waals surface area contributed by atoms with E-state index in [9.17, 15) is 8.42 Å². The molecule has 1 aromatic rings. The van der Waals surface area contributed by atoms with E-state index < -0.39 is 9.84 Å². The van der Waals surface area contributed by atoms with Crippen LogP contribution in [-0.2, 0) is 16.4 Å². The second-order valence-corrected chi connectivity index (χ2v) is 8.67. The van der Waals surface area contributed by atoms with Crippen LogP contribution in [-0.4, -0.2) is 45.7 Å². The zero-order valence-corrected chi connectivity index (χ0v) is 14.6. The van der Waals surface area contributed by atoms with E-state index in [1.807, 2.05) is 12.1 Å². The van der Waals surface area contributed by atoms with E-state index in [-0.39, 0.29) is 0 Å². The summed E-state index contributed by atoms with van der Waals surface area (Å²) >= 11 is 0. The van der Waals surface area contributed by atoms with Gasteiger partial charge in [0, 0.05) is 32.9 Å². The number of guanidine groups is 1. The average Bonchev–Trinajstić information content (AvgIpc) is 2.79. The van der Waals surface area contributed by atoms with Crippen LogP contribution in [0.2, 0.25) is 0 Å². The molecule has 5 nitrogen and oxygen atoms in total. The van der Waals surface area contributed by atoms with Crippen molar-refractivity contribution in [2.45, 2.75) is 31.7 Å². The summed E-state index contributed by atoms with van der Waals surface area (Å²) in [6.07, 6.45) is 2.38. The molecule has 122 valence electrons. The molecule has 1 fully saturated rings. The van der Waals surface area contributed by atoms with Gasteiger partial charge >= 0.3 is 0 Å². The summed E-state index contributed by atoms with van der Waals surface area (Å²) in [7, 11) is -1.34. The molecule has 2 rings (SSSR count). The molecule has 1 aliphatic heterocycles. The van der Waals surface area contributed by atoms with Gasteiger partial charge in [-0.2, -0.15) is 0 Å². The Kier molecular flexibility index (Phi) is 4.80. The van der Waals surface area contributed by atoms with Crippen LogP contribution in [0.5, 0.6) is 0 Å². The lowest BCUT2D eigenvalue weighted by molar-refractivity contribution is 0.370. The lowest BCUT2D eigenvalue weighted by Gasteiger charge is -2.23. The maximum absolute atomic E-state index is 11.5. The number of nitrogens with one attached hydrogen (secondary N) is 1. The van der Waals surface area contributed by atoms with Crippen molar-refractivity contribution in [3.05, 3.63) is 29.8 Å². The van der Waals surface area contributed by atoms with Crippen LogP contribution in [0, 0.1) is 5.41 Å². The van der Waals surface area contributed by atoms with E-state index in [0.29, 0.717) is 16.9 Å². The van der Waals surface area contributed by atoms with Gasteiger partial charge in [0.25, 0.3) is 0 Å². The van der Waals surface area contributed by atoms with Gasteiger partial charge in [0.15, 0.2) is 15.8 Å². The topological polar surface area (TPSA) is 61.8 Å². The van der Waals surface area contributed by atoms with Gasteiger partial charge in [0.2, 0.25) is 0 Å². The molecular formula is C16H25N3O2S. The number of rotatable bonds is 3. The molecule has 0 spiro atoms. The number of hydrogen-bond donors (Lipinski definition) is 1. The molecular weight excluding hydrogens is 298 g/mol. The first-order valence-corrected chi connectivity index (χ1v) is 9.35. The third-order valence-corrected chi connectivity index (χ3v) is 5.12. The Morgan fingerprint density at radius 3 is 2.41 bits per heavy atom. The molecule has 0 saturated carbocycles. The fourth-order valence-electron chi connectivity index (χ4n) is 2.66. The number of sulfone groups is 1. The number of likely N-dealkylation sites (tertiary alicyclic amines) is 1. The predicted octanol–water partition coefficient (Wildman–Crippen LogP) is 1.90. The third-order valence-electron chi connectivity index (χ3n) is 3.99. The van der Waals surface area contributed by atoms with E-state index in [1.54, 1.807) is 19.2 Å². The molecule has 22 heavy (non-hydrogen) atoms. The molecule has 0 unspecified atom stereocenters. The number of nitrogens with zero attached hydrogens (tertiary/aromatic N) is 2. The van der Waals surface area contributed by atoms with Crippen molar-refractivity contribution < 1.29 is 8.42 Å². The molecule has 1 N–H and O–H groups in total. The molecule has 0 amide bonds. The van der Waals surface area contributed by atoms with E-state index in [1.165, 1.54) is 6.26 Å². The monoisotopic (exact) mass is 323 g/mol. The van der Waals surface area contributed by atoms with Crippen LogP contribution in [0.4, 0.5) is 0 Å². The van der Waals surface area contributed by atoms with Crippen molar-refractivity contribution in [3.8, 4) is 0 Å². The predicted molar refractivity (Wildman–Crippen MR) is 89.7 cm³/mol. The van der Waals surface area contributed by atoms with Gasteiger partial charge in [-0.1, -0.05) is 26.0 Å². The van der Waals surface area contributed by atoms with E-state index in [0.717, 1.165) is 31.0 Å². The fraction of sp³-hybridized carbons (Fsp3) is 0.562. The van der Waals surface area contributed by atoms with Gasteiger partial charge in [-0.25, -0.2) is 8.42 Å². The van der Waals surface area contributed by atoms with Crippen LogP contribution < -0.4 is 5.32 Å². The van der Waals surface area contributed by atoms with Crippen molar-refractivity contribution in [2.75, 3.05) is 26.4 Å². The second-order valence-electron chi connectivity index (χ2n) is 6.65. The standard InChI is InChI=1S/C16H25N3O2S/c1-16(2)9-10-19(12-16)15(17-3)18-11-13-5-7-14(8-6-13)22(4,20)21/h5-8H,9-12H2,1-4H3,(H,17,18). The maximum Gasteiger partial charge on any atom is 0.193 e. The van der Waals surface area contributed by atoms with Crippen LogP contribution in [0.25, 0.3) is 0 Å². The van der Waals surface area contributed by atoms with Crippen molar-refractivity contribution >= 4 is 15.8 Å². The Morgan fingerprint density at radius 2 is 1.95 bits per heavy atom. The summed E-state index contributed by atoms with van der Waals surface area (Å²) in [6, 6.07) is 6.97. The van der Waals surface area contributed by atoms with Gasteiger partial charge in [0.05, 0.1) is 4.90 Å². The summed E-state index contributed by atoms with van der Waals surface area (Å²) in [5.74, 6) is 0.901. The first-order chi connectivity index (χ1) is 10.2. The van der Waals surface area contributed by atoms with Crippen molar-refractivity contribution in [3.63, 3.8) is 0 Å². The van der Waals surface area contributed by atoms with Gasteiger partial charge in [-0.05, 0) is 29.5 Å². The molecule has 0 atom stereocenters. The van der Waals surface area contributed by atoms with Crippen molar-refractivity contribution in [1.82, 2.24) is 10.2 Å². The largest absolute Gasteiger partial charge is 0.352 e. The minimum Gasteiger partial charge on any atom is -0.352 e. The molecule has 0 radical (unpaired) electrons. The zero-order chi connectivity index (χ0) is 16.4. The Hall–Kier alpha value is -1.56. The quantitative estimate of drug-likeness (QED) is 0.682. The molecule has 6 heteroatoms. The lowest BCUT2D eigenvalue weighted by atomic mass is 9.93. The van der Waals surface area contributed by atoms with Gasteiger partial charge < -0.3 is 10.2 Å².